The van der Waals surface area contributed by atoms with E-state index in [0.29, 0.717) is 4.99 Å². The van der Waals surface area contributed by atoms with Crippen LogP contribution in [0.15, 0.2) is 30.5 Å². The van der Waals surface area contributed by atoms with Crippen LogP contribution >= 0.6 is 12.2 Å². The number of benzene rings is 1. The highest BCUT2D eigenvalue weighted by atomic mass is 32.1. The SMILES string of the molecule is Cc1ccc(Nc2ccn(C)n2)c(C(N)=S)c1. The summed E-state index contributed by atoms with van der Waals surface area (Å²) in [6.07, 6.45) is 1.87. The van der Waals surface area contributed by atoms with Crippen LogP contribution in [-0.4, -0.2) is 14.8 Å². The third-order valence-corrected chi connectivity index (χ3v) is 2.64. The van der Waals surface area contributed by atoms with Crippen molar-refractivity contribution in [2.75, 3.05) is 5.32 Å². The molecule has 88 valence electrons. The minimum absolute atomic E-state index is 0.382. The fourth-order valence-corrected chi connectivity index (χ4v) is 1.76. The first-order valence-corrected chi connectivity index (χ1v) is 5.64. The summed E-state index contributed by atoms with van der Waals surface area (Å²) in [6.45, 7) is 2.01. The molecule has 0 saturated carbocycles. The Kier molecular flexibility index (Phi) is 3.10. The van der Waals surface area contributed by atoms with Crippen molar-refractivity contribution in [1.29, 1.82) is 0 Å². The van der Waals surface area contributed by atoms with E-state index >= 15 is 0 Å². The van der Waals surface area contributed by atoms with E-state index in [2.05, 4.69) is 10.4 Å². The van der Waals surface area contributed by atoms with Crippen molar-refractivity contribution in [2.45, 2.75) is 6.92 Å². The molecule has 1 aromatic heterocycles. The van der Waals surface area contributed by atoms with Crippen molar-refractivity contribution in [2.24, 2.45) is 12.8 Å². The molecular weight excluding hydrogens is 232 g/mol. The summed E-state index contributed by atoms with van der Waals surface area (Å²) in [5.74, 6) is 0.772. The highest BCUT2D eigenvalue weighted by Gasteiger charge is 2.06. The fraction of sp³-hybridized carbons (Fsp3) is 0.167. The number of hydrogen-bond acceptors (Lipinski definition) is 3. The van der Waals surface area contributed by atoms with Crippen molar-refractivity contribution >= 4 is 28.7 Å². The molecule has 3 N–H and O–H groups in total. The summed E-state index contributed by atoms with van der Waals surface area (Å²) < 4.78 is 1.73. The molecule has 0 saturated heterocycles. The van der Waals surface area contributed by atoms with Crippen molar-refractivity contribution in [3.63, 3.8) is 0 Å². The number of nitrogens with two attached hydrogens (primary N) is 1. The second-order valence-corrected chi connectivity index (χ2v) is 4.35. The van der Waals surface area contributed by atoms with Gasteiger partial charge in [-0.15, -0.1) is 0 Å². The molecule has 0 aliphatic heterocycles. The summed E-state index contributed by atoms with van der Waals surface area (Å²) in [6, 6.07) is 7.82. The first kappa shape index (κ1) is 11.6. The molecule has 0 unspecified atom stereocenters. The van der Waals surface area contributed by atoms with Crippen LogP contribution in [0.3, 0.4) is 0 Å². The topological polar surface area (TPSA) is 55.9 Å². The van der Waals surface area contributed by atoms with Crippen molar-refractivity contribution in [1.82, 2.24) is 9.78 Å². The number of hydrogen-bond donors (Lipinski definition) is 2. The van der Waals surface area contributed by atoms with Crippen LogP contribution in [0.5, 0.6) is 0 Å². The number of aryl methyl sites for hydroxylation is 2. The number of nitrogens with one attached hydrogen (secondary N) is 1. The van der Waals surface area contributed by atoms with Crippen LogP contribution in [0, 0.1) is 6.92 Å². The molecule has 2 aromatic rings. The Labute approximate surface area is 105 Å². The maximum Gasteiger partial charge on any atom is 0.152 e. The molecule has 0 spiro atoms. The molecule has 0 aliphatic rings. The van der Waals surface area contributed by atoms with Gasteiger partial charge in [0.1, 0.15) is 4.99 Å². The molecule has 2 rings (SSSR count). The normalized spacial score (nSPS) is 10.2. The van der Waals surface area contributed by atoms with Crippen molar-refractivity contribution in [3.05, 3.63) is 41.6 Å². The van der Waals surface area contributed by atoms with Crippen LogP contribution in [-0.2, 0) is 7.05 Å². The zero-order chi connectivity index (χ0) is 12.4. The predicted octanol–water partition coefficient (Wildman–Crippen LogP) is 2.11. The molecule has 0 fully saturated rings. The molecule has 0 atom stereocenters. The monoisotopic (exact) mass is 246 g/mol. The van der Waals surface area contributed by atoms with Crippen LogP contribution in [0.4, 0.5) is 11.5 Å². The van der Waals surface area contributed by atoms with Gasteiger partial charge in [0.05, 0.1) is 0 Å². The van der Waals surface area contributed by atoms with E-state index in [0.717, 1.165) is 22.6 Å². The summed E-state index contributed by atoms with van der Waals surface area (Å²) in [4.78, 5) is 0.382. The predicted molar refractivity (Wildman–Crippen MR) is 73.6 cm³/mol. The van der Waals surface area contributed by atoms with Gasteiger partial charge in [-0.05, 0) is 19.1 Å². The highest BCUT2D eigenvalue weighted by molar-refractivity contribution is 7.80. The van der Waals surface area contributed by atoms with Gasteiger partial charge in [0.25, 0.3) is 0 Å². The lowest BCUT2D eigenvalue weighted by Gasteiger charge is -2.10. The summed E-state index contributed by atoms with van der Waals surface area (Å²) in [5.41, 5.74) is 8.55. The zero-order valence-corrected chi connectivity index (χ0v) is 10.6. The second kappa shape index (κ2) is 4.55. The van der Waals surface area contributed by atoms with Gasteiger partial charge in [0.2, 0.25) is 0 Å². The largest absolute Gasteiger partial charge is 0.389 e. The van der Waals surface area contributed by atoms with Gasteiger partial charge in [-0.3, -0.25) is 4.68 Å². The summed E-state index contributed by atoms with van der Waals surface area (Å²) in [5, 5.41) is 7.45. The highest BCUT2D eigenvalue weighted by Crippen LogP contribution is 2.21. The Morgan fingerprint density at radius 3 is 2.76 bits per heavy atom. The molecule has 5 heteroatoms. The summed E-state index contributed by atoms with van der Waals surface area (Å²) >= 11 is 5.04. The summed E-state index contributed by atoms with van der Waals surface area (Å²) in [7, 11) is 1.87. The number of nitrogens with zero attached hydrogens (tertiary/aromatic N) is 2. The van der Waals surface area contributed by atoms with Gasteiger partial charge in [-0.1, -0.05) is 23.8 Å². The van der Waals surface area contributed by atoms with Crippen molar-refractivity contribution in [3.8, 4) is 0 Å². The quantitative estimate of drug-likeness (QED) is 0.814. The molecule has 17 heavy (non-hydrogen) atoms. The van der Waals surface area contributed by atoms with Gasteiger partial charge >= 0.3 is 0 Å². The first-order valence-electron chi connectivity index (χ1n) is 5.23. The number of anilines is 2. The lowest BCUT2D eigenvalue weighted by Crippen LogP contribution is -2.12. The molecule has 0 bridgehead atoms. The van der Waals surface area contributed by atoms with E-state index in [1.807, 2.05) is 44.4 Å². The lowest BCUT2D eigenvalue weighted by molar-refractivity contribution is 0.771. The third-order valence-electron chi connectivity index (χ3n) is 2.42. The number of thiocarbonyl (C=S) groups is 1. The number of aromatic nitrogens is 2. The van der Waals surface area contributed by atoms with Crippen LogP contribution in [0.2, 0.25) is 0 Å². The van der Waals surface area contributed by atoms with E-state index in [4.69, 9.17) is 18.0 Å². The Hall–Kier alpha value is -1.88. The van der Waals surface area contributed by atoms with Crippen LogP contribution < -0.4 is 11.1 Å². The average molecular weight is 246 g/mol. The Balaban J connectivity index is 2.35. The smallest absolute Gasteiger partial charge is 0.152 e. The third kappa shape index (κ3) is 2.62. The number of rotatable bonds is 3. The maximum atomic E-state index is 5.71. The van der Waals surface area contributed by atoms with E-state index in [9.17, 15) is 0 Å². The Bertz CT molecular complexity index is 559. The van der Waals surface area contributed by atoms with Gasteiger partial charge in [0, 0.05) is 30.6 Å². The first-order chi connectivity index (χ1) is 8.06. The van der Waals surface area contributed by atoms with E-state index in [1.165, 1.54) is 0 Å². The molecule has 0 amide bonds. The fourth-order valence-electron chi connectivity index (χ4n) is 1.59. The second-order valence-electron chi connectivity index (χ2n) is 3.91. The zero-order valence-electron chi connectivity index (χ0n) is 9.77. The lowest BCUT2D eigenvalue weighted by atomic mass is 10.1. The van der Waals surface area contributed by atoms with Crippen LogP contribution in [0.1, 0.15) is 11.1 Å². The van der Waals surface area contributed by atoms with E-state index < -0.39 is 0 Å². The molecular formula is C12H14N4S. The van der Waals surface area contributed by atoms with Gasteiger partial charge in [0.15, 0.2) is 5.82 Å². The molecule has 4 nitrogen and oxygen atoms in total. The van der Waals surface area contributed by atoms with Crippen LogP contribution in [0.25, 0.3) is 0 Å². The Morgan fingerprint density at radius 1 is 1.41 bits per heavy atom. The van der Waals surface area contributed by atoms with Gasteiger partial charge < -0.3 is 11.1 Å². The van der Waals surface area contributed by atoms with Crippen molar-refractivity contribution < 1.29 is 0 Å². The molecule has 0 aliphatic carbocycles. The molecule has 1 heterocycles. The maximum absolute atomic E-state index is 5.71. The standard InChI is InChI=1S/C12H14N4S/c1-8-3-4-10(9(7-8)12(13)17)14-11-5-6-16(2)15-11/h3-7H,1-2H3,(H2,13,17)(H,14,15). The van der Waals surface area contributed by atoms with Gasteiger partial charge in [-0.2, -0.15) is 5.10 Å². The molecule has 0 radical (unpaired) electrons. The van der Waals surface area contributed by atoms with E-state index in [1.54, 1.807) is 4.68 Å². The minimum Gasteiger partial charge on any atom is -0.389 e. The van der Waals surface area contributed by atoms with E-state index in [-0.39, 0.29) is 0 Å². The Morgan fingerprint density at radius 2 is 2.18 bits per heavy atom. The molecule has 1 aromatic carbocycles. The minimum atomic E-state index is 0.382. The van der Waals surface area contributed by atoms with Gasteiger partial charge in [-0.25, -0.2) is 0 Å². The average Bonchev–Trinajstić information content (AvgIpc) is 2.66.